The monoisotopic (exact) mass is 384 g/mol. The zero-order valence-electron chi connectivity index (χ0n) is 16.0. The summed E-state index contributed by atoms with van der Waals surface area (Å²) in [5, 5.41) is 20.8. The molecule has 1 aliphatic heterocycles. The van der Waals surface area contributed by atoms with Crippen molar-refractivity contribution in [1.29, 1.82) is 0 Å². The number of anilines is 1. The lowest BCUT2D eigenvalue weighted by Crippen LogP contribution is -2.52. The highest BCUT2D eigenvalue weighted by Crippen LogP contribution is 2.29. The molecule has 1 saturated heterocycles. The molecule has 1 amide bonds. The fourth-order valence-corrected chi connectivity index (χ4v) is 4.18. The third-order valence-corrected chi connectivity index (χ3v) is 5.86. The standard InChI is InChI=1S/C21H28N4O3/c26-18-4-1-2-5-19(18)28-17-8-6-16(7-9-17)24-20(27)21(10-13-22-14-11-21)25-15-3-12-23-25/h3,6-9,12,15,18-19,22,26H,1-2,4-5,10-11,13-14H2,(H,24,27). The van der Waals surface area contributed by atoms with Crippen LogP contribution < -0.4 is 15.4 Å². The summed E-state index contributed by atoms with van der Waals surface area (Å²) < 4.78 is 7.72. The van der Waals surface area contributed by atoms with Crippen molar-refractivity contribution in [2.24, 2.45) is 0 Å². The van der Waals surface area contributed by atoms with Crippen molar-refractivity contribution in [3.63, 3.8) is 0 Å². The molecule has 7 heteroatoms. The predicted molar refractivity (Wildman–Crippen MR) is 106 cm³/mol. The van der Waals surface area contributed by atoms with Crippen LogP contribution in [0, 0.1) is 0 Å². The van der Waals surface area contributed by atoms with Gasteiger partial charge in [-0.15, -0.1) is 0 Å². The van der Waals surface area contributed by atoms with E-state index in [1.165, 1.54) is 0 Å². The lowest BCUT2D eigenvalue weighted by Gasteiger charge is -2.36. The maximum absolute atomic E-state index is 13.2. The van der Waals surface area contributed by atoms with Crippen molar-refractivity contribution in [3.8, 4) is 5.75 Å². The molecule has 1 aromatic carbocycles. The molecule has 1 saturated carbocycles. The third kappa shape index (κ3) is 3.91. The van der Waals surface area contributed by atoms with Crippen LogP contribution in [0.2, 0.25) is 0 Å². The number of aliphatic hydroxyl groups excluding tert-OH is 1. The molecule has 4 rings (SSSR count). The second kappa shape index (κ2) is 8.32. The molecule has 2 aromatic rings. The number of hydrogen-bond acceptors (Lipinski definition) is 5. The molecule has 2 aliphatic rings. The topological polar surface area (TPSA) is 88.4 Å². The van der Waals surface area contributed by atoms with E-state index in [0.29, 0.717) is 18.6 Å². The third-order valence-electron chi connectivity index (χ3n) is 5.86. The number of rotatable bonds is 5. The Morgan fingerprint density at radius 1 is 1.21 bits per heavy atom. The van der Waals surface area contributed by atoms with Gasteiger partial charge in [-0.3, -0.25) is 9.48 Å². The highest BCUT2D eigenvalue weighted by molar-refractivity contribution is 5.96. The average molecular weight is 384 g/mol. The van der Waals surface area contributed by atoms with Crippen LogP contribution in [0.1, 0.15) is 38.5 Å². The molecule has 0 bridgehead atoms. The number of aliphatic hydroxyl groups is 1. The number of piperidine rings is 1. The van der Waals surface area contributed by atoms with E-state index < -0.39 is 11.6 Å². The lowest BCUT2D eigenvalue weighted by molar-refractivity contribution is -0.126. The molecule has 7 nitrogen and oxygen atoms in total. The van der Waals surface area contributed by atoms with Crippen molar-refractivity contribution < 1.29 is 14.6 Å². The molecule has 2 unspecified atom stereocenters. The molecule has 2 fully saturated rings. The molecule has 150 valence electrons. The van der Waals surface area contributed by atoms with Crippen LogP contribution in [-0.4, -0.2) is 46.1 Å². The minimum absolute atomic E-state index is 0.0472. The Kier molecular flexibility index (Phi) is 5.64. The zero-order chi connectivity index (χ0) is 19.4. The van der Waals surface area contributed by atoms with Gasteiger partial charge in [-0.1, -0.05) is 6.42 Å². The minimum Gasteiger partial charge on any atom is -0.488 e. The Labute approximate surface area is 165 Å². The van der Waals surface area contributed by atoms with Gasteiger partial charge < -0.3 is 20.5 Å². The molecule has 28 heavy (non-hydrogen) atoms. The van der Waals surface area contributed by atoms with Gasteiger partial charge in [-0.25, -0.2) is 0 Å². The molecule has 1 aromatic heterocycles. The van der Waals surface area contributed by atoms with Gasteiger partial charge in [0.05, 0.1) is 6.10 Å². The molecule has 0 spiro atoms. The van der Waals surface area contributed by atoms with E-state index in [2.05, 4.69) is 15.7 Å². The highest BCUT2D eigenvalue weighted by atomic mass is 16.5. The largest absolute Gasteiger partial charge is 0.488 e. The summed E-state index contributed by atoms with van der Waals surface area (Å²) >= 11 is 0. The van der Waals surface area contributed by atoms with Gasteiger partial charge in [0.1, 0.15) is 17.4 Å². The summed E-state index contributed by atoms with van der Waals surface area (Å²) in [6.07, 6.45) is 8.22. The van der Waals surface area contributed by atoms with Crippen LogP contribution in [0.5, 0.6) is 5.75 Å². The molecule has 2 atom stereocenters. The predicted octanol–water partition coefficient (Wildman–Crippen LogP) is 2.28. The molecule has 3 N–H and O–H groups in total. The van der Waals surface area contributed by atoms with Crippen LogP contribution >= 0.6 is 0 Å². The van der Waals surface area contributed by atoms with Crippen molar-refractivity contribution >= 4 is 11.6 Å². The van der Waals surface area contributed by atoms with E-state index in [4.69, 9.17) is 4.74 Å². The van der Waals surface area contributed by atoms with Crippen LogP contribution in [-0.2, 0) is 10.3 Å². The number of carbonyl (C=O) groups is 1. The Morgan fingerprint density at radius 3 is 2.64 bits per heavy atom. The molecular formula is C21H28N4O3. The first-order chi connectivity index (χ1) is 13.7. The van der Waals surface area contributed by atoms with Gasteiger partial charge in [0.25, 0.3) is 5.91 Å². The smallest absolute Gasteiger partial charge is 0.252 e. The van der Waals surface area contributed by atoms with E-state index >= 15 is 0 Å². The Bertz CT molecular complexity index is 769. The SMILES string of the molecule is O=C(Nc1ccc(OC2CCCCC2O)cc1)C1(n2cccn2)CCNCC1. The first-order valence-corrected chi connectivity index (χ1v) is 10.1. The van der Waals surface area contributed by atoms with Gasteiger partial charge in [0.2, 0.25) is 0 Å². The lowest BCUT2D eigenvalue weighted by atomic mass is 9.87. The highest BCUT2D eigenvalue weighted by Gasteiger charge is 2.42. The number of hydrogen-bond donors (Lipinski definition) is 3. The van der Waals surface area contributed by atoms with Crippen LogP contribution in [0.25, 0.3) is 0 Å². The summed E-state index contributed by atoms with van der Waals surface area (Å²) in [4.78, 5) is 13.2. The summed E-state index contributed by atoms with van der Waals surface area (Å²) in [7, 11) is 0. The molecule has 2 heterocycles. The van der Waals surface area contributed by atoms with Crippen molar-refractivity contribution in [2.45, 2.75) is 56.3 Å². The summed E-state index contributed by atoms with van der Waals surface area (Å²) in [6, 6.07) is 9.24. The van der Waals surface area contributed by atoms with Crippen LogP contribution in [0.15, 0.2) is 42.7 Å². The normalized spacial score (nSPS) is 24.5. The number of ether oxygens (including phenoxy) is 1. The van der Waals surface area contributed by atoms with E-state index in [0.717, 1.165) is 44.5 Å². The Balaban J connectivity index is 1.44. The maximum atomic E-state index is 13.2. The molecular weight excluding hydrogens is 356 g/mol. The van der Waals surface area contributed by atoms with Crippen LogP contribution in [0.3, 0.4) is 0 Å². The first-order valence-electron chi connectivity index (χ1n) is 10.1. The quantitative estimate of drug-likeness (QED) is 0.736. The van der Waals surface area contributed by atoms with Crippen molar-refractivity contribution in [3.05, 3.63) is 42.7 Å². The number of amides is 1. The number of nitrogens with one attached hydrogen (secondary N) is 2. The average Bonchev–Trinajstić information content (AvgIpc) is 3.27. The fourth-order valence-electron chi connectivity index (χ4n) is 4.18. The van der Waals surface area contributed by atoms with Crippen LogP contribution in [0.4, 0.5) is 5.69 Å². The number of benzene rings is 1. The number of aromatic nitrogens is 2. The molecule has 1 aliphatic carbocycles. The summed E-state index contributed by atoms with van der Waals surface area (Å²) in [5.74, 6) is 0.668. The molecule has 0 radical (unpaired) electrons. The minimum atomic E-state index is -0.671. The summed E-state index contributed by atoms with van der Waals surface area (Å²) in [6.45, 7) is 1.56. The number of nitrogens with zero attached hydrogens (tertiary/aromatic N) is 2. The van der Waals surface area contributed by atoms with Crippen molar-refractivity contribution in [1.82, 2.24) is 15.1 Å². The fraction of sp³-hybridized carbons (Fsp3) is 0.524. The van der Waals surface area contributed by atoms with Gasteiger partial charge in [0.15, 0.2) is 0 Å². The van der Waals surface area contributed by atoms with E-state index in [1.807, 2.05) is 36.5 Å². The Hall–Kier alpha value is -2.38. The van der Waals surface area contributed by atoms with Gasteiger partial charge in [-0.2, -0.15) is 5.10 Å². The van der Waals surface area contributed by atoms with Gasteiger partial charge in [0, 0.05) is 18.1 Å². The zero-order valence-corrected chi connectivity index (χ0v) is 16.0. The summed E-state index contributed by atoms with van der Waals surface area (Å²) in [5.41, 5.74) is 0.0578. The van der Waals surface area contributed by atoms with Crippen molar-refractivity contribution in [2.75, 3.05) is 18.4 Å². The van der Waals surface area contributed by atoms with E-state index in [9.17, 15) is 9.90 Å². The second-order valence-corrected chi connectivity index (χ2v) is 7.72. The van der Waals surface area contributed by atoms with E-state index in [1.54, 1.807) is 10.9 Å². The second-order valence-electron chi connectivity index (χ2n) is 7.72. The Morgan fingerprint density at radius 2 is 1.96 bits per heavy atom. The van der Waals surface area contributed by atoms with Gasteiger partial charge in [-0.05, 0) is 75.5 Å². The number of carbonyl (C=O) groups excluding carboxylic acids is 1. The van der Waals surface area contributed by atoms with Gasteiger partial charge >= 0.3 is 0 Å². The maximum Gasteiger partial charge on any atom is 0.252 e. The van der Waals surface area contributed by atoms with E-state index in [-0.39, 0.29) is 12.0 Å². The first kappa shape index (κ1) is 19.0.